The summed E-state index contributed by atoms with van der Waals surface area (Å²) in [6.45, 7) is 3.91. The summed E-state index contributed by atoms with van der Waals surface area (Å²) in [7, 11) is 1.60. The molecule has 1 heterocycles. The number of thioether (sulfide) groups is 1. The van der Waals surface area contributed by atoms with Crippen molar-refractivity contribution in [3.8, 4) is 0 Å². The van der Waals surface area contributed by atoms with E-state index in [1.165, 1.54) is 18.1 Å². The molecule has 6 nitrogen and oxygen atoms in total. The lowest BCUT2D eigenvalue weighted by atomic mass is 10.5. The monoisotopic (exact) mass is 228 g/mol. The zero-order chi connectivity index (χ0) is 11.4. The molecule has 82 valence electrons. The summed E-state index contributed by atoms with van der Waals surface area (Å²) in [4.78, 5) is 18.1. The van der Waals surface area contributed by atoms with Crippen molar-refractivity contribution in [1.29, 1.82) is 0 Å². The maximum Gasteiger partial charge on any atom is 0.343 e. The van der Waals surface area contributed by atoms with Gasteiger partial charge in [0.15, 0.2) is 5.03 Å². The van der Waals surface area contributed by atoms with E-state index in [-0.39, 0.29) is 16.8 Å². The average Bonchev–Trinajstić information content (AvgIpc) is 2.15. The number of anilines is 1. The molecule has 15 heavy (non-hydrogen) atoms. The smallest absolute Gasteiger partial charge is 0.343 e. The lowest BCUT2D eigenvalue weighted by molar-refractivity contribution is -0.387. The van der Waals surface area contributed by atoms with Gasteiger partial charge in [0.05, 0.1) is 4.92 Å². The van der Waals surface area contributed by atoms with Crippen LogP contribution in [0.15, 0.2) is 11.4 Å². The standard InChI is InChI=1S/C8H12N4O2S/c1-5(2)15-8-6(12(13)14)7(9-3)10-4-11-8/h4-5H,1-3H3,(H,9,10,11). The first-order valence-corrected chi connectivity index (χ1v) is 5.28. The zero-order valence-corrected chi connectivity index (χ0v) is 9.54. The van der Waals surface area contributed by atoms with Gasteiger partial charge in [-0.25, -0.2) is 9.97 Å². The molecule has 0 unspecified atom stereocenters. The van der Waals surface area contributed by atoms with Gasteiger partial charge < -0.3 is 5.32 Å². The van der Waals surface area contributed by atoms with Crippen LogP contribution in [0, 0.1) is 10.1 Å². The molecule has 0 radical (unpaired) electrons. The molecule has 0 aliphatic heterocycles. The van der Waals surface area contributed by atoms with E-state index in [9.17, 15) is 10.1 Å². The van der Waals surface area contributed by atoms with Crippen molar-refractivity contribution in [3.63, 3.8) is 0 Å². The molecule has 0 aliphatic carbocycles. The Labute approximate surface area is 91.7 Å². The van der Waals surface area contributed by atoms with Gasteiger partial charge in [-0.2, -0.15) is 0 Å². The van der Waals surface area contributed by atoms with Crippen molar-refractivity contribution < 1.29 is 4.92 Å². The molecule has 0 aromatic carbocycles. The van der Waals surface area contributed by atoms with E-state index in [0.717, 1.165) is 0 Å². The molecule has 0 aliphatic rings. The molecule has 0 bridgehead atoms. The molecule has 0 spiro atoms. The lowest BCUT2D eigenvalue weighted by Gasteiger charge is -2.06. The summed E-state index contributed by atoms with van der Waals surface area (Å²) < 4.78 is 0. The molecular formula is C8H12N4O2S. The largest absolute Gasteiger partial charge is 0.367 e. The van der Waals surface area contributed by atoms with Gasteiger partial charge in [-0.15, -0.1) is 0 Å². The van der Waals surface area contributed by atoms with E-state index in [1.54, 1.807) is 7.05 Å². The van der Waals surface area contributed by atoms with Gasteiger partial charge in [0.1, 0.15) is 6.33 Å². The Bertz CT molecular complexity index is 370. The van der Waals surface area contributed by atoms with Gasteiger partial charge >= 0.3 is 5.69 Å². The van der Waals surface area contributed by atoms with Crippen LogP contribution in [0.1, 0.15) is 13.8 Å². The van der Waals surface area contributed by atoms with Crippen LogP contribution in [0.3, 0.4) is 0 Å². The fourth-order valence-electron chi connectivity index (χ4n) is 1.02. The van der Waals surface area contributed by atoms with Crippen LogP contribution in [0.5, 0.6) is 0 Å². The van der Waals surface area contributed by atoms with Crippen molar-refractivity contribution in [2.75, 3.05) is 12.4 Å². The van der Waals surface area contributed by atoms with Crippen LogP contribution in [0.4, 0.5) is 11.5 Å². The number of hydrogen-bond donors (Lipinski definition) is 1. The van der Waals surface area contributed by atoms with E-state index in [2.05, 4.69) is 15.3 Å². The number of nitro groups is 1. The molecule has 1 N–H and O–H groups in total. The first kappa shape index (κ1) is 11.7. The maximum atomic E-state index is 10.9. The number of aromatic nitrogens is 2. The number of nitrogens with zero attached hydrogens (tertiary/aromatic N) is 3. The molecule has 0 atom stereocenters. The fraction of sp³-hybridized carbons (Fsp3) is 0.500. The van der Waals surface area contributed by atoms with E-state index < -0.39 is 4.92 Å². The minimum absolute atomic E-state index is 0.0568. The Morgan fingerprint density at radius 1 is 1.53 bits per heavy atom. The molecule has 0 amide bonds. The molecule has 7 heteroatoms. The normalized spacial score (nSPS) is 10.4. The molecule has 0 saturated heterocycles. The lowest BCUT2D eigenvalue weighted by Crippen LogP contribution is -2.03. The Morgan fingerprint density at radius 2 is 2.20 bits per heavy atom. The van der Waals surface area contributed by atoms with Crippen LogP contribution >= 0.6 is 11.8 Å². The van der Waals surface area contributed by atoms with Crippen LogP contribution in [0.25, 0.3) is 0 Å². The van der Waals surface area contributed by atoms with Crippen molar-refractivity contribution in [1.82, 2.24) is 9.97 Å². The minimum Gasteiger partial charge on any atom is -0.367 e. The second-order valence-electron chi connectivity index (χ2n) is 3.05. The summed E-state index contributed by atoms with van der Waals surface area (Å²) in [5.41, 5.74) is -0.0568. The molecule has 0 fully saturated rings. The van der Waals surface area contributed by atoms with Crippen LogP contribution in [0.2, 0.25) is 0 Å². The van der Waals surface area contributed by atoms with Crippen LogP contribution in [-0.4, -0.2) is 27.2 Å². The molecule has 0 saturated carbocycles. The van der Waals surface area contributed by atoms with Gasteiger partial charge in [0.2, 0.25) is 5.82 Å². The highest BCUT2D eigenvalue weighted by molar-refractivity contribution is 7.99. The number of rotatable bonds is 4. The third-order valence-electron chi connectivity index (χ3n) is 1.56. The van der Waals surface area contributed by atoms with Gasteiger partial charge in [0.25, 0.3) is 0 Å². The summed E-state index contributed by atoms with van der Waals surface area (Å²) in [5, 5.41) is 14.2. The summed E-state index contributed by atoms with van der Waals surface area (Å²) in [6.07, 6.45) is 1.32. The van der Waals surface area contributed by atoms with E-state index in [4.69, 9.17) is 0 Å². The van der Waals surface area contributed by atoms with Crippen molar-refractivity contribution >= 4 is 23.3 Å². The van der Waals surface area contributed by atoms with Crippen LogP contribution < -0.4 is 5.32 Å². The second-order valence-corrected chi connectivity index (χ2v) is 4.61. The van der Waals surface area contributed by atoms with Gasteiger partial charge in [-0.1, -0.05) is 25.6 Å². The topological polar surface area (TPSA) is 81.0 Å². The average molecular weight is 228 g/mol. The Balaban J connectivity index is 3.19. The second kappa shape index (κ2) is 4.92. The zero-order valence-electron chi connectivity index (χ0n) is 8.72. The predicted molar refractivity (Wildman–Crippen MR) is 59.2 cm³/mol. The van der Waals surface area contributed by atoms with Crippen molar-refractivity contribution in [3.05, 3.63) is 16.4 Å². The summed E-state index contributed by atoms with van der Waals surface area (Å²) in [5.74, 6) is 0.248. The molecular weight excluding hydrogens is 216 g/mol. The number of nitrogens with one attached hydrogen (secondary N) is 1. The highest BCUT2D eigenvalue weighted by atomic mass is 32.2. The first-order valence-electron chi connectivity index (χ1n) is 4.40. The van der Waals surface area contributed by atoms with Crippen molar-refractivity contribution in [2.45, 2.75) is 24.1 Å². The van der Waals surface area contributed by atoms with Gasteiger partial charge in [-0.3, -0.25) is 10.1 Å². The molecule has 1 aromatic heterocycles. The molecule has 1 rings (SSSR count). The third kappa shape index (κ3) is 2.79. The summed E-state index contributed by atoms with van der Waals surface area (Å²) in [6, 6.07) is 0. The van der Waals surface area contributed by atoms with E-state index in [1.807, 2.05) is 13.8 Å². The van der Waals surface area contributed by atoms with Crippen LogP contribution in [-0.2, 0) is 0 Å². The Hall–Kier alpha value is -1.37. The van der Waals surface area contributed by atoms with E-state index >= 15 is 0 Å². The Morgan fingerprint density at radius 3 is 2.67 bits per heavy atom. The first-order chi connectivity index (χ1) is 7.06. The SMILES string of the molecule is CNc1ncnc(SC(C)C)c1[N+](=O)[O-]. The maximum absolute atomic E-state index is 10.9. The van der Waals surface area contributed by atoms with Gasteiger partial charge in [0, 0.05) is 12.3 Å². The minimum atomic E-state index is -0.462. The third-order valence-corrected chi connectivity index (χ3v) is 2.55. The highest BCUT2D eigenvalue weighted by Gasteiger charge is 2.22. The number of hydrogen-bond acceptors (Lipinski definition) is 6. The highest BCUT2D eigenvalue weighted by Crippen LogP contribution is 2.33. The Kier molecular flexibility index (Phi) is 3.84. The quantitative estimate of drug-likeness (QED) is 0.367. The van der Waals surface area contributed by atoms with E-state index in [0.29, 0.717) is 5.03 Å². The van der Waals surface area contributed by atoms with Gasteiger partial charge in [-0.05, 0) is 0 Å². The fourth-order valence-corrected chi connectivity index (χ4v) is 1.86. The predicted octanol–water partition coefficient (Wildman–Crippen LogP) is 1.93. The van der Waals surface area contributed by atoms with Crippen molar-refractivity contribution in [2.24, 2.45) is 0 Å². The summed E-state index contributed by atoms with van der Waals surface area (Å²) >= 11 is 1.35. The molecule has 1 aromatic rings.